The Morgan fingerprint density at radius 3 is 2.83 bits per heavy atom. The van der Waals surface area contributed by atoms with Gasteiger partial charge in [-0.3, -0.25) is 4.79 Å². The van der Waals surface area contributed by atoms with Gasteiger partial charge in [-0.15, -0.1) is 10.2 Å². The Balaban J connectivity index is 1.46. The minimum absolute atomic E-state index is 0.101. The predicted octanol–water partition coefficient (Wildman–Crippen LogP) is 3.50. The Kier molecular flexibility index (Phi) is 6.81. The van der Waals surface area contributed by atoms with E-state index in [1.165, 1.54) is 24.6 Å². The van der Waals surface area contributed by atoms with E-state index in [-0.39, 0.29) is 11.7 Å². The third-order valence-corrected chi connectivity index (χ3v) is 6.20. The summed E-state index contributed by atoms with van der Waals surface area (Å²) in [5.41, 5.74) is 1.99. The lowest BCUT2D eigenvalue weighted by Crippen LogP contribution is -2.17. The first kappa shape index (κ1) is 20.6. The largest absolute Gasteiger partial charge is 0.383 e. The number of carbonyl (C=O) groups is 1. The van der Waals surface area contributed by atoms with Crippen LogP contribution < -0.4 is 5.32 Å². The third-order valence-electron chi connectivity index (χ3n) is 5.22. The van der Waals surface area contributed by atoms with Gasteiger partial charge >= 0.3 is 0 Å². The normalized spacial score (nSPS) is 14.3. The monoisotopic (exact) mass is 426 g/mol. The molecule has 0 atom stereocenters. The predicted molar refractivity (Wildman–Crippen MR) is 116 cm³/mol. The van der Waals surface area contributed by atoms with E-state index in [1.807, 2.05) is 45.6 Å². The number of aromatic nitrogens is 5. The van der Waals surface area contributed by atoms with Crippen LogP contribution in [0.4, 0.5) is 5.82 Å². The van der Waals surface area contributed by atoms with Gasteiger partial charge in [-0.05, 0) is 25.0 Å². The Morgan fingerprint density at radius 2 is 2.07 bits per heavy atom. The molecule has 0 saturated heterocycles. The highest BCUT2D eigenvalue weighted by Gasteiger charge is 2.22. The molecule has 0 radical (unpaired) electrons. The molecule has 1 amide bonds. The van der Waals surface area contributed by atoms with Crippen LogP contribution in [0.25, 0.3) is 5.69 Å². The minimum Gasteiger partial charge on any atom is -0.383 e. The average molecular weight is 427 g/mol. The first-order valence-electron chi connectivity index (χ1n) is 10.2. The van der Waals surface area contributed by atoms with E-state index in [1.54, 1.807) is 13.4 Å². The van der Waals surface area contributed by atoms with Crippen molar-refractivity contribution < 1.29 is 9.53 Å². The Bertz CT molecular complexity index is 965. The van der Waals surface area contributed by atoms with Crippen molar-refractivity contribution in [3.8, 4) is 5.69 Å². The van der Waals surface area contributed by atoms with Crippen molar-refractivity contribution in [2.24, 2.45) is 0 Å². The minimum atomic E-state index is -0.101. The van der Waals surface area contributed by atoms with E-state index in [0.29, 0.717) is 30.0 Å². The van der Waals surface area contributed by atoms with Crippen LogP contribution >= 0.6 is 11.8 Å². The number of ether oxygens (including phenoxy) is 1. The van der Waals surface area contributed by atoms with Crippen LogP contribution in [0.5, 0.6) is 0 Å². The summed E-state index contributed by atoms with van der Waals surface area (Å²) in [6.45, 7) is 1.22. The highest BCUT2D eigenvalue weighted by molar-refractivity contribution is 7.99. The first-order chi connectivity index (χ1) is 14.7. The van der Waals surface area contributed by atoms with Gasteiger partial charge in [0.2, 0.25) is 5.91 Å². The third kappa shape index (κ3) is 4.91. The van der Waals surface area contributed by atoms with Crippen LogP contribution in [-0.4, -0.2) is 49.9 Å². The van der Waals surface area contributed by atoms with Crippen molar-refractivity contribution in [1.82, 2.24) is 24.5 Å². The molecule has 3 aromatic rings. The van der Waals surface area contributed by atoms with Crippen LogP contribution in [0.15, 0.2) is 47.9 Å². The van der Waals surface area contributed by atoms with Gasteiger partial charge in [-0.25, -0.2) is 4.68 Å². The van der Waals surface area contributed by atoms with Crippen molar-refractivity contribution in [3.63, 3.8) is 0 Å². The number of thioether (sulfide) groups is 1. The number of hydrogen-bond donors (Lipinski definition) is 1. The molecule has 0 bridgehead atoms. The second-order valence-corrected chi connectivity index (χ2v) is 8.26. The number of carbonyl (C=O) groups excluding carboxylic acids is 1. The second-order valence-electron chi connectivity index (χ2n) is 7.32. The van der Waals surface area contributed by atoms with Gasteiger partial charge in [-0.2, -0.15) is 5.10 Å². The van der Waals surface area contributed by atoms with Gasteiger partial charge in [-0.1, -0.05) is 42.8 Å². The summed E-state index contributed by atoms with van der Waals surface area (Å²) in [4.78, 5) is 12.7. The number of nitrogens with one attached hydrogen (secondary N) is 1. The zero-order valence-electron chi connectivity index (χ0n) is 17.0. The number of para-hydroxylation sites is 1. The van der Waals surface area contributed by atoms with Gasteiger partial charge in [0, 0.05) is 25.6 Å². The topological polar surface area (TPSA) is 86.9 Å². The maximum Gasteiger partial charge on any atom is 0.236 e. The molecule has 1 aliphatic rings. The molecule has 8 nitrogen and oxygen atoms in total. The Hall–Kier alpha value is -2.65. The lowest BCUT2D eigenvalue weighted by atomic mass is 10.0. The van der Waals surface area contributed by atoms with E-state index in [9.17, 15) is 4.79 Å². The first-order valence-corrected chi connectivity index (χ1v) is 11.2. The van der Waals surface area contributed by atoms with E-state index < -0.39 is 0 Å². The summed E-state index contributed by atoms with van der Waals surface area (Å²) in [5, 5.41) is 16.6. The van der Waals surface area contributed by atoms with Gasteiger partial charge < -0.3 is 14.6 Å². The van der Waals surface area contributed by atoms with Crippen molar-refractivity contribution in [2.45, 2.75) is 43.3 Å². The number of nitrogens with zero attached hydrogens (tertiary/aromatic N) is 5. The molecule has 4 rings (SSSR count). The quantitative estimate of drug-likeness (QED) is 0.527. The molecule has 0 spiro atoms. The molecule has 30 heavy (non-hydrogen) atoms. The highest BCUT2D eigenvalue weighted by atomic mass is 32.2. The molecule has 0 aliphatic heterocycles. The fraction of sp³-hybridized carbons (Fsp3) is 0.429. The number of benzene rings is 1. The maximum atomic E-state index is 12.7. The average Bonchev–Trinajstić information content (AvgIpc) is 3.52. The molecule has 9 heteroatoms. The van der Waals surface area contributed by atoms with E-state index in [2.05, 4.69) is 15.5 Å². The number of hydrogen-bond acceptors (Lipinski definition) is 6. The zero-order valence-corrected chi connectivity index (χ0v) is 17.8. The van der Waals surface area contributed by atoms with E-state index >= 15 is 0 Å². The fourth-order valence-electron chi connectivity index (χ4n) is 3.68. The van der Waals surface area contributed by atoms with E-state index in [0.717, 1.165) is 24.2 Å². The summed E-state index contributed by atoms with van der Waals surface area (Å²) in [6.07, 6.45) is 6.45. The molecule has 1 N–H and O–H groups in total. The molecular formula is C21H26N6O2S. The highest BCUT2D eigenvalue weighted by Crippen LogP contribution is 2.35. The summed E-state index contributed by atoms with van der Waals surface area (Å²) < 4.78 is 8.81. The number of methoxy groups -OCH3 is 1. The van der Waals surface area contributed by atoms with Gasteiger partial charge in [0.15, 0.2) is 5.16 Å². The summed E-state index contributed by atoms with van der Waals surface area (Å²) in [6, 6.07) is 11.9. The SMILES string of the molecule is COCCn1cnnc1SCC(=O)Nc1cc(C2CCCC2)nn1-c1ccccc1. The Labute approximate surface area is 180 Å². The van der Waals surface area contributed by atoms with Crippen LogP contribution in [0, 0.1) is 0 Å². The lowest BCUT2D eigenvalue weighted by molar-refractivity contribution is -0.113. The van der Waals surface area contributed by atoms with Crippen molar-refractivity contribution in [3.05, 3.63) is 48.4 Å². The maximum absolute atomic E-state index is 12.7. The molecule has 1 fully saturated rings. The summed E-state index contributed by atoms with van der Waals surface area (Å²) >= 11 is 1.36. The number of anilines is 1. The smallest absolute Gasteiger partial charge is 0.236 e. The van der Waals surface area contributed by atoms with Gasteiger partial charge in [0.25, 0.3) is 0 Å². The Morgan fingerprint density at radius 1 is 1.27 bits per heavy atom. The summed E-state index contributed by atoms with van der Waals surface area (Å²) in [5.74, 6) is 1.31. The molecule has 1 saturated carbocycles. The molecule has 0 unspecified atom stereocenters. The van der Waals surface area contributed by atoms with Gasteiger partial charge in [0.1, 0.15) is 12.1 Å². The van der Waals surface area contributed by atoms with Crippen molar-refractivity contribution in [1.29, 1.82) is 0 Å². The fourth-order valence-corrected chi connectivity index (χ4v) is 4.43. The molecule has 2 aromatic heterocycles. The van der Waals surface area contributed by atoms with Gasteiger partial charge in [0.05, 0.1) is 23.7 Å². The lowest BCUT2D eigenvalue weighted by Gasteiger charge is -2.09. The van der Waals surface area contributed by atoms with Crippen LogP contribution in [-0.2, 0) is 16.1 Å². The standard InChI is InChI=1S/C21H26N6O2S/c1-29-12-11-26-15-22-24-21(26)30-14-20(28)23-19-13-18(16-7-5-6-8-16)25-27(19)17-9-3-2-4-10-17/h2-4,9-10,13,15-16H,5-8,11-12,14H2,1H3,(H,23,28). The van der Waals surface area contributed by atoms with Crippen LogP contribution in [0.2, 0.25) is 0 Å². The molecule has 2 heterocycles. The second kappa shape index (κ2) is 9.90. The summed E-state index contributed by atoms with van der Waals surface area (Å²) in [7, 11) is 1.65. The van der Waals surface area contributed by atoms with Crippen LogP contribution in [0.3, 0.4) is 0 Å². The molecule has 1 aromatic carbocycles. The zero-order chi connectivity index (χ0) is 20.8. The number of rotatable bonds is 9. The van der Waals surface area contributed by atoms with Crippen molar-refractivity contribution in [2.75, 3.05) is 24.8 Å². The molecule has 158 valence electrons. The van der Waals surface area contributed by atoms with Crippen molar-refractivity contribution >= 4 is 23.5 Å². The molecular weight excluding hydrogens is 400 g/mol. The van der Waals surface area contributed by atoms with Crippen LogP contribution in [0.1, 0.15) is 37.3 Å². The molecule has 1 aliphatic carbocycles. The van der Waals surface area contributed by atoms with E-state index in [4.69, 9.17) is 9.84 Å². The number of amides is 1.